The van der Waals surface area contributed by atoms with Gasteiger partial charge in [-0.05, 0) is 34.1 Å². The lowest BCUT2D eigenvalue weighted by Crippen LogP contribution is -2.17. The number of fused-ring (bicyclic) bond motifs is 1. The molecule has 3 rings (SSSR count). The smallest absolute Gasteiger partial charge is 0.401 e. The van der Waals surface area contributed by atoms with Crippen molar-refractivity contribution in [2.24, 2.45) is 0 Å². The number of ether oxygens (including phenoxy) is 1. The van der Waals surface area contributed by atoms with Gasteiger partial charge < -0.3 is 4.74 Å². The van der Waals surface area contributed by atoms with Crippen LogP contribution in [-0.2, 0) is 6.61 Å². The van der Waals surface area contributed by atoms with Crippen LogP contribution in [0.2, 0.25) is 0 Å². The molecule has 4 nitrogen and oxygen atoms in total. The van der Waals surface area contributed by atoms with Crippen molar-refractivity contribution in [3.8, 4) is 5.75 Å². The van der Waals surface area contributed by atoms with Gasteiger partial charge in [-0.2, -0.15) is 0 Å². The second-order valence-electron chi connectivity index (χ2n) is 3.99. The van der Waals surface area contributed by atoms with Crippen LogP contribution >= 0.6 is 31.9 Å². The first-order valence-corrected chi connectivity index (χ1v) is 7.23. The molecule has 2 aromatic heterocycles. The first-order chi connectivity index (χ1) is 9.22. The fraction of sp³-hybridized carbons (Fsp3) is 0.0769. The Hall–Kier alpha value is -1.40. The Morgan fingerprint density at radius 1 is 1.32 bits per heavy atom. The number of rotatable bonds is 3. The summed E-state index contributed by atoms with van der Waals surface area (Å²) in [5.41, 5.74) is 0.966. The first kappa shape index (κ1) is 12.6. The van der Waals surface area contributed by atoms with E-state index in [1.165, 1.54) is 0 Å². The van der Waals surface area contributed by atoms with Crippen molar-refractivity contribution >= 4 is 37.6 Å². The molecule has 0 aliphatic heterocycles. The Balaban J connectivity index is 1.78. The molecule has 0 radical (unpaired) electrons. The van der Waals surface area contributed by atoms with Gasteiger partial charge in [0.2, 0.25) is 0 Å². The largest absolute Gasteiger partial charge is 0.485 e. The van der Waals surface area contributed by atoms with Crippen molar-refractivity contribution in [2.45, 2.75) is 6.61 Å². The van der Waals surface area contributed by atoms with Crippen molar-refractivity contribution in [3.63, 3.8) is 0 Å². The summed E-state index contributed by atoms with van der Waals surface area (Å²) >= 11 is 6.88. The molecule has 0 amide bonds. The van der Waals surface area contributed by atoms with Gasteiger partial charge in [0.1, 0.15) is 30.4 Å². The van der Waals surface area contributed by atoms with Crippen molar-refractivity contribution in [3.05, 3.63) is 57.5 Å². The molecule has 2 heterocycles. The van der Waals surface area contributed by atoms with Crippen LogP contribution in [0.1, 0.15) is 5.69 Å². The standard InChI is InChI=1S/C13H9Br2N3O/c14-9-2-3-12(11(15)6-9)19-8-10-7-18-5-1-4-16-13(18)17-10/h1-7H,8H2/p+1. The van der Waals surface area contributed by atoms with Crippen LogP contribution in [0.4, 0.5) is 0 Å². The van der Waals surface area contributed by atoms with Crippen LogP contribution in [-0.4, -0.2) is 9.97 Å². The minimum absolute atomic E-state index is 0.462. The molecule has 0 fully saturated rings. The summed E-state index contributed by atoms with van der Waals surface area (Å²) < 4.78 is 9.62. The molecule has 0 bridgehead atoms. The number of nitrogens with one attached hydrogen (secondary N) is 1. The van der Waals surface area contributed by atoms with Crippen LogP contribution in [0.3, 0.4) is 0 Å². The lowest BCUT2D eigenvalue weighted by molar-refractivity contribution is -0.513. The minimum Gasteiger partial charge on any atom is -0.485 e. The van der Waals surface area contributed by atoms with Gasteiger partial charge in [0, 0.05) is 10.5 Å². The molecule has 0 spiro atoms. The number of imidazole rings is 1. The Morgan fingerprint density at radius 3 is 3.00 bits per heavy atom. The SMILES string of the molecule is Brc1ccc(OCc2c[n+]3cccnc3[nH]2)c(Br)c1. The molecular formula is C13H10Br2N3O+. The van der Waals surface area contributed by atoms with E-state index in [-0.39, 0.29) is 0 Å². The average molecular weight is 384 g/mol. The molecule has 3 aromatic rings. The highest BCUT2D eigenvalue weighted by atomic mass is 79.9. The third-order valence-corrected chi connectivity index (χ3v) is 3.73. The highest BCUT2D eigenvalue weighted by Crippen LogP contribution is 2.28. The van der Waals surface area contributed by atoms with Crippen LogP contribution < -0.4 is 9.14 Å². The number of aromatic amines is 1. The highest BCUT2D eigenvalue weighted by Gasteiger charge is 2.09. The number of halogens is 2. The average Bonchev–Trinajstić information content (AvgIpc) is 2.80. The molecule has 0 saturated carbocycles. The summed E-state index contributed by atoms with van der Waals surface area (Å²) in [6, 6.07) is 7.71. The Morgan fingerprint density at radius 2 is 2.21 bits per heavy atom. The van der Waals surface area contributed by atoms with Gasteiger partial charge >= 0.3 is 5.78 Å². The van der Waals surface area contributed by atoms with Gasteiger partial charge in [-0.25, -0.2) is 9.38 Å². The van der Waals surface area contributed by atoms with Crippen molar-refractivity contribution in [1.29, 1.82) is 0 Å². The molecule has 0 unspecified atom stereocenters. The first-order valence-electron chi connectivity index (χ1n) is 5.64. The highest BCUT2D eigenvalue weighted by molar-refractivity contribution is 9.11. The number of benzene rings is 1. The monoisotopic (exact) mass is 382 g/mol. The molecule has 96 valence electrons. The van der Waals surface area contributed by atoms with E-state index in [4.69, 9.17) is 4.74 Å². The van der Waals surface area contributed by atoms with Crippen LogP contribution in [0.5, 0.6) is 5.75 Å². The van der Waals surface area contributed by atoms with Crippen LogP contribution in [0.15, 0.2) is 51.8 Å². The minimum atomic E-state index is 0.462. The quantitative estimate of drug-likeness (QED) is 0.705. The maximum atomic E-state index is 5.77. The second-order valence-corrected chi connectivity index (χ2v) is 5.76. The van der Waals surface area contributed by atoms with E-state index >= 15 is 0 Å². The van der Waals surface area contributed by atoms with Gasteiger partial charge in [0.25, 0.3) is 0 Å². The number of hydrogen-bond acceptors (Lipinski definition) is 2. The summed E-state index contributed by atoms with van der Waals surface area (Å²) in [4.78, 5) is 7.42. The van der Waals surface area contributed by atoms with E-state index in [2.05, 4.69) is 41.8 Å². The third-order valence-electron chi connectivity index (χ3n) is 2.62. The zero-order valence-corrected chi connectivity index (χ0v) is 13.0. The normalized spacial score (nSPS) is 10.8. The zero-order chi connectivity index (χ0) is 13.2. The summed E-state index contributed by atoms with van der Waals surface area (Å²) in [6.07, 6.45) is 5.66. The fourth-order valence-corrected chi connectivity index (χ4v) is 2.91. The van der Waals surface area contributed by atoms with Crippen LogP contribution in [0, 0.1) is 0 Å². The van der Waals surface area contributed by atoms with E-state index in [9.17, 15) is 0 Å². The number of nitrogens with zero attached hydrogens (tertiary/aromatic N) is 2. The topological polar surface area (TPSA) is 42.0 Å². The Bertz CT molecular complexity index is 694. The molecule has 6 heteroatoms. The number of H-pyrrole nitrogens is 1. The molecule has 0 aliphatic rings. The Labute approximate surface area is 126 Å². The van der Waals surface area contributed by atoms with Crippen LogP contribution in [0.25, 0.3) is 5.78 Å². The Kier molecular flexibility index (Phi) is 3.52. The molecule has 0 atom stereocenters. The van der Waals surface area contributed by atoms with Crippen molar-refractivity contribution < 1.29 is 9.14 Å². The molecule has 0 saturated heterocycles. The van der Waals surface area contributed by atoms with Crippen molar-refractivity contribution in [1.82, 2.24) is 9.97 Å². The van der Waals surface area contributed by atoms with E-state index in [1.54, 1.807) is 6.20 Å². The van der Waals surface area contributed by atoms with Gasteiger partial charge in [-0.1, -0.05) is 20.9 Å². The lowest BCUT2D eigenvalue weighted by Gasteiger charge is -2.05. The summed E-state index contributed by atoms with van der Waals surface area (Å²) in [5.74, 6) is 1.61. The predicted octanol–water partition coefficient (Wildman–Crippen LogP) is 3.25. The summed E-state index contributed by atoms with van der Waals surface area (Å²) in [7, 11) is 0. The van der Waals surface area contributed by atoms with E-state index in [1.807, 2.05) is 41.1 Å². The molecule has 1 aromatic carbocycles. The van der Waals surface area contributed by atoms with Gasteiger partial charge in [-0.15, -0.1) is 0 Å². The number of aromatic nitrogens is 3. The van der Waals surface area contributed by atoms with Gasteiger partial charge in [-0.3, -0.25) is 0 Å². The van der Waals surface area contributed by atoms with E-state index in [0.29, 0.717) is 6.61 Å². The maximum Gasteiger partial charge on any atom is 0.401 e. The lowest BCUT2D eigenvalue weighted by atomic mass is 10.3. The van der Waals surface area contributed by atoms with Crippen molar-refractivity contribution in [2.75, 3.05) is 0 Å². The van der Waals surface area contributed by atoms with Gasteiger partial charge in [0.15, 0.2) is 0 Å². The summed E-state index contributed by atoms with van der Waals surface area (Å²) in [5, 5.41) is 0. The molecule has 0 aliphatic carbocycles. The second kappa shape index (κ2) is 5.30. The molecule has 19 heavy (non-hydrogen) atoms. The fourth-order valence-electron chi connectivity index (χ4n) is 1.75. The van der Waals surface area contributed by atoms with E-state index in [0.717, 1.165) is 26.2 Å². The number of hydrogen-bond donors (Lipinski definition) is 1. The summed E-state index contributed by atoms with van der Waals surface area (Å²) in [6.45, 7) is 0.462. The third kappa shape index (κ3) is 2.79. The molecular weight excluding hydrogens is 374 g/mol. The predicted molar refractivity (Wildman–Crippen MR) is 77.9 cm³/mol. The van der Waals surface area contributed by atoms with E-state index < -0.39 is 0 Å². The molecule has 1 N–H and O–H groups in total. The maximum absolute atomic E-state index is 5.77. The van der Waals surface area contributed by atoms with Gasteiger partial charge in [0.05, 0.1) is 10.7 Å². The zero-order valence-electron chi connectivity index (χ0n) is 9.81.